The molecule has 0 bridgehead atoms. The number of carbonyl (C=O) groups is 1. The van der Waals surface area contributed by atoms with Crippen LogP contribution in [0.4, 0.5) is 0 Å². The van der Waals surface area contributed by atoms with E-state index in [0.717, 1.165) is 19.4 Å². The Hall–Kier alpha value is -0.570. The third kappa shape index (κ3) is 1.93. The Bertz CT molecular complexity index is 151. The van der Waals surface area contributed by atoms with E-state index in [0.29, 0.717) is 6.54 Å². The maximum Gasteiger partial charge on any atom is 0.209 e. The summed E-state index contributed by atoms with van der Waals surface area (Å²) in [6.45, 7) is 5.09. The summed E-state index contributed by atoms with van der Waals surface area (Å²) < 4.78 is 0. The van der Waals surface area contributed by atoms with E-state index >= 15 is 0 Å². The highest BCUT2D eigenvalue weighted by atomic mass is 16.3. The summed E-state index contributed by atoms with van der Waals surface area (Å²) in [5, 5.41) is 9.59. The van der Waals surface area contributed by atoms with Crippen LogP contribution in [-0.4, -0.2) is 35.1 Å². The van der Waals surface area contributed by atoms with E-state index in [1.807, 2.05) is 0 Å². The molecule has 1 aliphatic rings. The topological polar surface area (TPSA) is 40.5 Å². The monoisotopic (exact) mass is 157 g/mol. The Kier molecular flexibility index (Phi) is 2.18. The van der Waals surface area contributed by atoms with E-state index in [1.165, 1.54) is 0 Å². The van der Waals surface area contributed by atoms with Gasteiger partial charge in [0.25, 0.3) is 0 Å². The molecule has 64 valence electrons. The summed E-state index contributed by atoms with van der Waals surface area (Å²) >= 11 is 0. The summed E-state index contributed by atoms with van der Waals surface area (Å²) in [6.07, 6.45) is 1.77. The third-order valence-electron chi connectivity index (χ3n) is 2.37. The SMILES string of the molecule is CC(C)(O)C1CCN(C=O)C1. The lowest BCUT2D eigenvalue weighted by atomic mass is 9.91. The lowest BCUT2D eigenvalue weighted by Gasteiger charge is -2.24. The molecule has 1 heterocycles. The van der Waals surface area contributed by atoms with Crippen molar-refractivity contribution in [1.82, 2.24) is 4.90 Å². The van der Waals surface area contributed by atoms with E-state index in [2.05, 4.69) is 0 Å². The van der Waals surface area contributed by atoms with E-state index in [9.17, 15) is 9.90 Å². The fourth-order valence-corrected chi connectivity index (χ4v) is 1.46. The van der Waals surface area contributed by atoms with Gasteiger partial charge in [-0.05, 0) is 20.3 Å². The second-order valence-electron chi connectivity index (χ2n) is 3.74. The minimum Gasteiger partial charge on any atom is -0.390 e. The zero-order valence-corrected chi connectivity index (χ0v) is 7.08. The van der Waals surface area contributed by atoms with Gasteiger partial charge in [0.2, 0.25) is 6.41 Å². The lowest BCUT2D eigenvalue weighted by molar-refractivity contribution is -0.117. The molecule has 3 heteroatoms. The van der Waals surface area contributed by atoms with E-state index in [4.69, 9.17) is 0 Å². The molecule has 1 fully saturated rings. The second kappa shape index (κ2) is 2.81. The molecule has 1 saturated heterocycles. The summed E-state index contributed by atoms with van der Waals surface area (Å²) in [5.41, 5.74) is -0.641. The molecule has 0 spiro atoms. The maximum atomic E-state index is 10.3. The van der Waals surface area contributed by atoms with Crippen molar-refractivity contribution >= 4 is 6.41 Å². The second-order valence-corrected chi connectivity index (χ2v) is 3.74. The molecule has 0 aliphatic carbocycles. The predicted octanol–water partition coefficient (Wildman–Crippen LogP) is 0.236. The molecule has 0 aromatic rings. The van der Waals surface area contributed by atoms with Gasteiger partial charge in [-0.3, -0.25) is 4.79 Å². The molecule has 1 aliphatic heterocycles. The Morgan fingerprint density at radius 3 is 2.55 bits per heavy atom. The van der Waals surface area contributed by atoms with Gasteiger partial charge in [0.15, 0.2) is 0 Å². The molecular weight excluding hydrogens is 142 g/mol. The Morgan fingerprint density at radius 1 is 1.64 bits per heavy atom. The first kappa shape index (κ1) is 8.53. The average molecular weight is 157 g/mol. The van der Waals surface area contributed by atoms with Crippen LogP contribution in [-0.2, 0) is 4.79 Å². The maximum absolute atomic E-state index is 10.3. The van der Waals surface area contributed by atoms with E-state index < -0.39 is 5.60 Å². The number of nitrogens with zero attached hydrogens (tertiary/aromatic N) is 1. The summed E-state index contributed by atoms with van der Waals surface area (Å²) in [6, 6.07) is 0. The van der Waals surface area contributed by atoms with Crippen molar-refractivity contribution in [3.05, 3.63) is 0 Å². The summed E-state index contributed by atoms with van der Waals surface area (Å²) in [7, 11) is 0. The molecular formula is C8H15NO2. The van der Waals surface area contributed by atoms with Crippen molar-refractivity contribution in [2.75, 3.05) is 13.1 Å². The molecule has 11 heavy (non-hydrogen) atoms. The van der Waals surface area contributed by atoms with Crippen molar-refractivity contribution in [3.8, 4) is 0 Å². The van der Waals surface area contributed by atoms with Crippen molar-refractivity contribution in [2.45, 2.75) is 25.9 Å². The van der Waals surface area contributed by atoms with Gasteiger partial charge in [-0.25, -0.2) is 0 Å². The minimum atomic E-state index is -0.641. The molecule has 3 nitrogen and oxygen atoms in total. The normalized spacial score (nSPS) is 25.7. The van der Waals surface area contributed by atoms with Gasteiger partial charge in [-0.1, -0.05) is 0 Å². The molecule has 1 N–H and O–H groups in total. The number of amides is 1. The Morgan fingerprint density at radius 2 is 2.27 bits per heavy atom. The molecule has 0 aromatic heterocycles. The van der Waals surface area contributed by atoms with Crippen LogP contribution in [0.1, 0.15) is 20.3 Å². The zero-order valence-electron chi connectivity index (χ0n) is 7.08. The van der Waals surface area contributed by atoms with Gasteiger partial charge in [0, 0.05) is 19.0 Å². The van der Waals surface area contributed by atoms with Crippen LogP contribution in [0.15, 0.2) is 0 Å². The number of aliphatic hydroxyl groups is 1. The molecule has 1 unspecified atom stereocenters. The van der Waals surface area contributed by atoms with Crippen molar-refractivity contribution in [3.63, 3.8) is 0 Å². The van der Waals surface area contributed by atoms with E-state index in [1.54, 1.807) is 18.7 Å². The number of likely N-dealkylation sites (tertiary alicyclic amines) is 1. The molecule has 1 amide bonds. The first-order chi connectivity index (χ1) is 5.04. The fourth-order valence-electron chi connectivity index (χ4n) is 1.46. The van der Waals surface area contributed by atoms with Crippen LogP contribution >= 0.6 is 0 Å². The third-order valence-corrected chi connectivity index (χ3v) is 2.37. The highest BCUT2D eigenvalue weighted by Crippen LogP contribution is 2.25. The van der Waals surface area contributed by atoms with Crippen LogP contribution in [0.25, 0.3) is 0 Å². The average Bonchev–Trinajstić information content (AvgIpc) is 2.32. The molecule has 1 rings (SSSR count). The van der Waals surface area contributed by atoms with Crippen molar-refractivity contribution < 1.29 is 9.90 Å². The zero-order chi connectivity index (χ0) is 8.48. The van der Waals surface area contributed by atoms with E-state index in [-0.39, 0.29) is 5.92 Å². The van der Waals surface area contributed by atoms with Crippen LogP contribution in [0, 0.1) is 5.92 Å². The largest absolute Gasteiger partial charge is 0.390 e. The highest BCUT2D eigenvalue weighted by Gasteiger charge is 2.32. The molecule has 0 saturated carbocycles. The Labute approximate surface area is 67.0 Å². The molecule has 1 atom stereocenters. The van der Waals surface area contributed by atoms with Gasteiger partial charge < -0.3 is 10.0 Å². The Balaban J connectivity index is 2.48. The first-order valence-corrected chi connectivity index (χ1v) is 3.96. The van der Waals surface area contributed by atoms with Gasteiger partial charge in [-0.2, -0.15) is 0 Å². The predicted molar refractivity (Wildman–Crippen MR) is 42.0 cm³/mol. The van der Waals surface area contributed by atoms with Gasteiger partial charge in [0.05, 0.1) is 5.60 Å². The van der Waals surface area contributed by atoms with Gasteiger partial charge in [-0.15, -0.1) is 0 Å². The minimum absolute atomic E-state index is 0.243. The van der Waals surface area contributed by atoms with Gasteiger partial charge in [0.1, 0.15) is 0 Å². The fraction of sp³-hybridized carbons (Fsp3) is 0.875. The number of hydrogen-bond acceptors (Lipinski definition) is 2. The summed E-state index contributed by atoms with van der Waals surface area (Å²) in [4.78, 5) is 12.0. The van der Waals surface area contributed by atoms with Crippen molar-refractivity contribution in [1.29, 1.82) is 0 Å². The molecule has 0 radical (unpaired) electrons. The number of hydrogen-bond donors (Lipinski definition) is 1. The quantitative estimate of drug-likeness (QED) is 0.583. The first-order valence-electron chi connectivity index (χ1n) is 3.96. The van der Waals surface area contributed by atoms with Crippen LogP contribution in [0.5, 0.6) is 0 Å². The number of rotatable bonds is 2. The van der Waals surface area contributed by atoms with Crippen LogP contribution in [0.2, 0.25) is 0 Å². The molecule has 0 aromatic carbocycles. The number of carbonyl (C=O) groups excluding carboxylic acids is 1. The summed E-state index contributed by atoms with van der Waals surface area (Å²) in [5.74, 6) is 0.243. The standard InChI is InChI=1S/C8H15NO2/c1-8(2,11)7-3-4-9(5-7)6-10/h6-7,11H,3-5H2,1-2H3. The smallest absolute Gasteiger partial charge is 0.209 e. The highest BCUT2D eigenvalue weighted by molar-refractivity contribution is 5.47. The van der Waals surface area contributed by atoms with Crippen molar-refractivity contribution in [2.24, 2.45) is 5.92 Å². The lowest BCUT2D eigenvalue weighted by Crippen LogP contribution is -2.33. The van der Waals surface area contributed by atoms with Crippen LogP contribution in [0.3, 0.4) is 0 Å². The van der Waals surface area contributed by atoms with Crippen LogP contribution < -0.4 is 0 Å². The van der Waals surface area contributed by atoms with Gasteiger partial charge >= 0.3 is 0 Å².